The predicted octanol–water partition coefficient (Wildman–Crippen LogP) is 1.32. The molecule has 0 bridgehead atoms. The molecule has 0 aliphatic rings. The smallest absolute Gasteiger partial charge is 0.269 e. The lowest BCUT2D eigenvalue weighted by atomic mass is 10.2. The molecule has 0 radical (unpaired) electrons. The molecule has 0 aliphatic carbocycles. The van der Waals surface area contributed by atoms with Crippen LogP contribution < -0.4 is 25.6 Å². The Morgan fingerprint density at radius 1 is 1.04 bits per heavy atom. The molecule has 0 saturated carbocycles. The molecular formula is C17H16N4O6S. The summed E-state index contributed by atoms with van der Waals surface area (Å²) >= 11 is 4.90. The fraction of sp³-hybridized carbons (Fsp3) is 0.118. The Kier molecular flexibility index (Phi) is 7.22. The molecule has 0 atom stereocenters. The summed E-state index contributed by atoms with van der Waals surface area (Å²) in [5, 5.41) is 12.8. The molecule has 0 aromatic heterocycles. The summed E-state index contributed by atoms with van der Waals surface area (Å²) in [6, 6.07) is 11.6. The number of nitrogens with one attached hydrogen (secondary N) is 3. The van der Waals surface area contributed by atoms with E-state index in [1.807, 2.05) is 0 Å². The molecule has 0 spiro atoms. The van der Waals surface area contributed by atoms with Gasteiger partial charge in [0.1, 0.15) is 11.5 Å². The van der Waals surface area contributed by atoms with Crippen molar-refractivity contribution in [2.24, 2.45) is 0 Å². The van der Waals surface area contributed by atoms with Gasteiger partial charge >= 0.3 is 0 Å². The second-order valence-electron chi connectivity index (χ2n) is 5.22. The first kappa shape index (κ1) is 20.6. The predicted molar refractivity (Wildman–Crippen MR) is 103 cm³/mol. The van der Waals surface area contributed by atoms with Crippen molar-refractivity contribution in [3.05, 3.63) is 64.2 Å². The van der Waals surface area contributed by atoms with Crippen LogP contribution >= 0.6 is 12.2 Å². The molecule has 0 saturated heterocycles. The molecule has 11 heteroatoms. The molecule has 0 aliphatic heterocycles. The lowest BCUT2D eigenvalue weighted by molar-refractivity contribution is -0.384. The number of benzene rings is 2. The van der Waals surface area contributed by atoms with Gasteiger partial charge in [0, 0.05) is 17.7 Å². The van der Waals surface area contributed by atoms with Crippen LogP contribution in [-0.2, 0) is 4.79 Å². The molecular weight excluding hydrogens is 388 g/mol. The highest BCUT2D eigenvalue weighted by molar-refractivity contribution is 7.80. The maximum atomic E-state index is 11.9. The number of nitrogens with zero attached hydrogens (tertiary/aromatic N) is 1. The van der Waals surface area contributed by atoms with E-state index in [0.717, 1.165) is 0 Å². The van der Waals surface area contributed by atoms with Crippen LogP contribution in [0.4, 0.5) is 5.69 Å². The lowest BCUT2D eigenvalue weighted by Crippen LogP contribution is -2.49. The Balaban J connectivity index is 1.74. The van der Waals surface area contributed by atoms with E-state index >= 15 is 0 Å². The second-order valence-corrected chi connectivity index (χ2v) is 5.63. The summed E-state index contributed by atoms with van der Waals surface area (Å²) < 4.78 is 10.3. The summed E-state index contributed by atoms with van der Waals surface area (Å²) in [6.45, 7) is -0.287. The monoisotopic (exact) mass is 404 g/mol. The fourth-order valence-electron chi connectivity index (χ4n) is 1.94. The van der Waals surface area contributed by atoms with Gasteiger partial charge in [-0.3, -0.25) is 35.9 Å². The third-order valence-electron chi connectivity index (χ3n) is 3.31. The molecule has 0 fully saturated rings. The number of hydrogen-bond donors (Lipinski definition) is 3. The average Bonchev–Trinajstić information content (AvgIpc) is 2.71. The van der Waals surface area contributed by atoms with Crippen LogP contribution in [0.3, 0.4) is 0 Å². The number of nitro groups is 1. The highest BCUT2D eigenvalue weighted by Crippen LogP contribution is 2.16. The number of thiocarbonyl (C=S) groups is 1. The zero-order chi connectivity index (χ0) is 20.5. The molecule has 2 amide bonds. The minimum absolute atomic E-state index is 0.135. The van der Waals surface area contributed by atoms with E-state index in [0.29, 0.717) is 11.5 Å². The number of non-ortho nitro benzene ring substituents is 1. The van der Waals surface area contributed by atoms with E-state index in [4.69, 9.17) is 21.7 Å². The number of hydrogen-bond acceptors (Lipinski definition) is 7. The number of carbonyl (C=O) groups is 2. The standard InChI is InChI=1S/C17H16N4O6S/c1-26-13-6-8-14(9-7-13)27-10-15(22)18-17(28)20-19-16(23)11-2-4-12(5-3-11)21(24)25/h2-9H,10H2,1H3,(H,19,23)(H2,18,20,22,28). The minimum Gasteiger partial charge on any atom is -0.497 e. The van der Waals surface area contributed by atoms with Crippen molar-refractivity contribution < 1.29 is 24.0 Å². The first-order valence-corrected chi connectivity index (χ1v) is 8.21. The number of nitro benzene ring substituents is 1. The first-order valence-electron chi connectivity index (χ1n) is 7.80. The van der Waals surface area contributed by atoms with Gasteiger partial charge in [-0.1, -0.05) is 0 Å². The number of carbonyl (C=O) groups excluding carboxylic acids is 2. The van der Waals surface area contributed by atoms with Crippen LogP contribution in [0.2, 0.25) is 0 Å². The van der Waals surface area contributed by atoms with E-state index in [1.165, 1.54) is 31.4 Å². The van der Waals surface area contributed by atoms with Crippen molar-refractivity contribution in [3.63, 3.8) is 0 Å². The van der Waals surface area contributed by atoms with Crippen LogP contribution in [-0.4, -0.2) is 35.6 Å². The van der Waals surface area contributed by atoms with Gasteiger partial charge in [-0.05, 0) is 48.6 Å². The van der Waals surface area contributed by atoms with E-state index in [1.54, 1.807) is 24.3 Å². The van der Waals surface area contributed by atoms with Crippen molar-refractivity contribution in [3.8, 4) is 11.5 Å². The molecule has 2 rings (SSSR count). The highest BCUT2D eigenvalue weighted by Gasteiger charge is 2.11. The van der Waals surface area contributed by atoms with Gasteiger partial charge in [0.05, 0.1) is 12.0 Å². The number of rotatable bonds is 6. The van der Waals surface area contributed by atoms with Crippen molar-refractivity contribution in [2.45, 2.75) is 0 Å². The third-order valence-corrected chi connectivity index (χ3v) is 3.52. The van der Waals surface area contributed by atoms with Gasteiger partial charge in [-0.2, -0.15) is 0 Å². The van der Waals surface area contributed by atoms with Crippen LogP contribution in [0.15, 0.2) is 48.5 Å². The van der Waals surface area contributed by atoms with Gasteiger partial charge in [-0.15, -0.1) is 0 Å². The molecule has 0 heterocycles. The maximum Gasteiger partial charge on any atom is 0.269 e. The molecule has 10 nitrogen and oxygen atoms in total. The first-order chi connectivity index (χ1) is 13.4. The van der Waals surface area contributed by atoms with Crippen LogP contribution in [0.5, 0.6) is 11.5 Å². The second kappa shape index (κ2) is 9.83. The Labute approximate surface area is 164 Å². The Morgan fingerprint density at radius 2 is 1.64 bits per heavy atom. The van der Waals surface area contributed by atoms with Gasteiger partial charge < -0.3 is 9.47 Å². The highest BCUT2D eigenvalue weighted by atomic mass is 32.1. The molecule has 2 aromatic carbocycles. The fourth-order valence-corrected chi connectivity index (χ4v) is 2.10. The van der Waals surface area contributed by atoms with Crippen molar-refractivity contribution in [1.82, 2.24) is 16.2 Å². The molecule has 146 valence electrons. The SMILES string of the molecule is COc1ccc(OCC(=O)NC(=S)NNC(=O)c2ccc([N+](=O)[O-])cc2)cc1. The average molecular weight is 404 g/mol. The number of methoxy groups -OCH3 is 1. The Morgan fingerprint density at radius 3 is 2.21 bits per heavy atom. The van der Waals surface area contributed by atoms with Crippen molar-refractivity contribution in [1.29, 1.82) is 0 Å². The van der Waals surface area contributed by atoms with Gasteiger partial charge in [-0.25, -0.2) is 0 Å². The molecule has 0 unspecified atom stereocenters. The topological polar surface area (TPSA) is 132 Å². The van der Waals surface area contributed by atoms with Gasteiger partial charge in [0.15, 0.2) is 11.7 Å². The largest absolute Gasteiger partial charge is 0.497 e. The summed E-state index contributed by atoms with van der Waals surface area (Å²) in [4.78, 5) is 33.8. The quantitative estimate of drug-likeness (QED) is 0.373. The van der Waals surface area contributed by atoms with Crippen molar-refractivity contribution >= 4 is 34.8 Å². The molecule has 2 aromatic rings. The number of ether oxygens (including phenoxy) is 2. The van der Waals surface area contributed by atoms with Crippen molar-refractivity contribution in [2.75, 3.05) is 13.7 Å². The van der Waals surface area contributed by atoms with Gasteiger partial charge in [0.2, 0.25) is 0 Å². The number of hydrazine groups is 1. The van der Waals surface area contributed by atoms with Gasteiger partial charge in [0.25, 0.3) is 17.5 Å². The number of amides is 2. The summed E-state index contributed by atoms with van der Waals surface area (Å²) in [5.74, 6) is 0.0196. The Hall–Kier alpha value is -3.73. The van der Waals surface area contributed by atoms with Crippen LogP contribution in [0, 0.1) is 10.1 Å². The van der Waals surface area contributed by atoms with Crippen LogP contribution in [0.25, 0.3) is 0 Å². The van der Waals surface area contributed by atoms with Crippen LogP contribution in [0.1, 0.15) is 10.4 Å². The van der Waals surface area contributed by atoms with E-state index < -0.39 is 16.7 Å². The van der Waals surface area contributed by atoms with E-state index in [9.17, 15) is 19.7 Å². The summed E-state index contributed by atoms with van der Waals surface area (Å²) in [7, 11) is 1.54. The zero-order valence-electron chi connectivity index (χ0n) is 14.6. The molecule has 3 N–H and O–H groups in total. The Bertz CT molecular complexity index is 870. The minimum atomic E-state index is -0.582. The van der Waals surface area contributed by atoms with E-state index in [2.05, 4.69) is 16.2 Å². The molecule has 28 heavy (non-hydrogen) atoms. The lowest BCUT2D eigenvalue weighted by Gasteiger charge is -2.11. The van der Waals surface area contributed by atoms with E-state index in [-0.39, 0.29) is 23.0 Å². The summed E-state index contributed by atoms with van der Waals surface area (Å²) in [6.07, 6.45) is 0. The zero-order valence-corrected chi connectivity index (χ0v) is 15.4. The normalized spacial score (nSPS) is 9.75. The third kappa shape index (κ3) is 6.21. The maximum absolute atomic E-state index is 11.9. The summed E-state index contributed by atoms with van der Waals surface area (Å²) in [5.41, 5.74) is 4.67.